The Hall–Kier alpha value is -1.84. The van der Waals surface area contributed by atoms with E-state index in [1.165, 1.54) is 6.92 Å². The van der Waals surface area contributed by atoms with Crippen LogP contribution < -0.4 is 4.90 Å². The fraction of sp³-hybridized carbons (Fsp3) is 0.529. The zero-order valence-corrected chi connectivity index (χ0v) is 14.0. The number of amides is 2. The first kappa shape index (κ1) is 17.2. The second-order valence-electron chi connectivity index (χ2n) is 5.42. The number of likely N-dealkylation sites (N-methyl/N-ethyl adjacent to an activating group) is 1. The smallest absolute Gasteiger partial charge is 0.242 e. The maximum atomic E-state index is 12.3. The highest BCUT2D eigenvalue weighted by molar-refractivity contribution is 5.98. The van der Waals surface area contributed by atoms with Gasteiger partial charge in [-0.25, -0.2) is 0 Å². The predicted octanol–water partition coefficient (Wildman–Crippen LogP) is 2.83. The van der Waals surface area contributed by atoms with Gasteiger partial charge in [0.2, 0.25) is 11.8 Å². The van der Waals surface area contributed by atoms with E-state index in [1.54, 1.807) is 9.80 Å². The average Bonchev–Trinajstić information content (AvgIpc) is 2.37. The SMILES string of the molecule is CCN(CC)C(=O)CN(C(C)=O)c1c(C)cc(C)cc1C. The Bertz CT molecular complexity index is 511. The van der Waals surface area contributed by atoms with Crippen LogP contribution in [0.2, 0.25) is 0 Å². The molecule has 0 bridgehead atoms. The van der Waals surface area contributed by atoms with E-state index in [2.05, 4.69) is 0 Å². The molecule has 0 atom stereocenters. The third-order valence-corrected chi connectivity index (χ3v) is 3.69. The number of benzene rings is 1. The zero-order chi connectivity index (χ0) is 16.2. The van der Waals surface area contributed by atoms with Crippen molar-refractivity contribution in [2.24, 2.45) is 0 Å². The molecule has 0 heterocycles. The van der Waals surface area contributed by atoms with Gasteiger partial charge in [0.1, 0.15) is 6.54 Å². The van der Waals surface area contributed by atoms with E-state index in [9.17, 15) is 9.59 Å². The molecule has 116 valence electrons. The summed E-state index contributed by atoms with van der Waals surface area (Å²) >= 11 is 0. The molecule has 4 nitrogen and oxygen atoms in total. The zero-order valence-electron chi connectivity index (χ0n) is 14.0. The molecule has 0 fully saturated rings. The van der Waals surface area contributed by atoms with Crippen molar-refractivity contribution >= 4 is 17.5 Å². The lowest BCUT2D eigenvalue weighted by atomic mass is 10.0. The van der Waals surface area contributed by atoms with Gasteiger partial charge < -0.3 is 9.80 Å². The highest BCUT2D eigenvalue weighted by atomic mass is 16.2. The van der Waals surface area contributed by atoms with Crippen LogP contribution in [0.5, 0.6) is 0 Å². The fourth-order valence-electron chi connectivity index (χ4n) is 2.76. The molecular weight excluding hydrogens is 264 g/mol. The molecule has 0 aliphatic carbocycles. The lowest BCUT2D eigenvalue weighted by Crippen LogP contribution is -2.42. The number of carbonyl (C=O) groups excluding carboxylic acids is 2. The molecule has 0 saturated carbocycles. The molecule has 0 radical (unpaired) electrons. The van der Waals surface area contributed by atoms with Gasteiger partial charge in [-0.05, 0) is 45.7 Å². The van der Waals surface area contributed by atoms with Crippen LogP contribution in [0.15, 0.2) is 12.1 Å². The second kappa shape index (κ2) is 7.25. The second-order valence-corrected chi connectivity index (χ2v) is 5.42. The highest BCUT2D eigenvalue weighted by Crippen LogP contribution is 2.26. The topological polar surface area (TPSA) is 40.6 Å². The first-order chi connectivity index (χ1) is 9.81. The molecular formula is C17H26N2O2. The molecule has 0 saturated heterocycles. The van der Waals surface area contributed by atoms with Crippen LogP contribution in [-0.4, -0.2) is 36.3 Å². The third kappa shape index (κ3) is 4.06. The fourth-order valence-corrected chi connectivity index (χ4v) is 2.76. The minimum absolute atomic E-state index is 0.0189. The summed E-state index contributed by atoms with van der Waals surface area (Å²) in [5, 5.41) is 0. The summed E-state index contributed by atoms with van der Waals surface area (Å²) in [7, 11) is 0. The minimum atomic E-state index is -0.106. The summed E-state index contributed by atoms with van der Waals surface area (Å²) in [6.07, 6.45) is 0. The van der Waals surface area contributed by atoms with E-state index >= 15 is 0 Å². The summed E-state index contributed by atoms with van der Waals surface area (Å²) < 4.78 is 0. The number of nitrogens with zero attached hydrogens (tertiary/aromatic N) is 2. The Morgan fingerprint density at radius 2 is 1.48 bits per heavy atom. The van der Waals surface area contributed by atoms with Gasteiger partial charge in [-0.15, -0.1) is 0 Å². The lowest BCUT2D eigenvalue weighted by Gasteiger charge is -2.28. The van der Waals surface area contributed by atoms with Crippen molar-refractivity contribution < 1.29 is 9.59 Å². The predicted molar refractivity (Wildman–Crippen MR) is 86.6 cm³/mol. The average molecular weight is 290 g/mol. The van der Waals surface area contributed by atoms with E-state index in [0.717, 1.165) is 22.4 Å². The normalized spacial score (nSPS) is 10.4. The molecule has 0 aliphatic rings. The van der Waals surface area contributed by atoms with Gasteiger partial charge in [0, 0.05) is 20.0 Å². The molecule has 1 aromatic carbocycles. The summed E-state index contributed by atoms with van der Waals surface area (Å²) in [5.74, 6) is -0.125. The minimum Gasteiger partial charge on any atom is -0.342 e. The largest absolute Gasteiger partial charge is 0.342 e. The first-order valence-corrected chi connectivity index (χ1v) is 7.45. The summed E-state index contributed by atoms with van der Waals surface area (Å²) in [4.78, 5) is 27.7. The van der Waals surface area contributed by atoms with Gasteiger partial charge >= 0.3 is 0 Å². The van der Waals surface area contributed by atoms with Crippen LogP contribution in [0.4, 0.5) is 5.69 Å². The maximum Gasteiger partial charge on any atom is 0.242 e. The number of anilines is 1. The van der Waals surface area contributed by atoms with Crippen molar-refractivity contribution in [3.8, 4) is 0 Å². The van der Waals surface area contributed by atoms with Gasteiger partial charge in [0.05, 0.1) is 5.69 Å². The van der Waals surface area contributed by atoms with Crippen LogP contribution in [-0.2, 0) is 9.59 Å². The summed E-state index contributed by atoms with van der Waals surface area (Å²) in [6.45, 7) is 12.8. The number of carbonyl (C=O) groups is 2. The lowest BCUT2D eigenvalue weighted by molar-refractivity contribution is -0.130. The van der Waals surface area contributed by atoms with Gasteiger partial charge in [0.15, 0.2) is 0 Å². The molecule has 21 heavy (non-hydrogen) atoms. The Kier molecular flexibility index (Phi) is 5.94. The number of aryl methyl sites for hydroxylation is 3. The molecule has 0 aromatic heterocycles. The van der Waals surface area contributed by atoms with Crippen molar-refractivity contribution in [1.29, 1.82) is 0 Å². The molecule has 0 aliphatic heterocycles. The van der Waals surface area contributed by atoms with Gasteiger partial charge in [-0.2, -0.15) is 0 Å². The first-order valence-electron chi connectivity index (χ1n) is 7.45. The van der Waals surface area contributed by atoms with E-state index in [1.807, 2.05) is 46.8 Å². The van der Waals surface area contributed by atoms with Crippen molar-refractivity contribution in [2.45, 2.75) is 41.5 Å². The Morgan fingerprint density at radius 1 is 1.00 bits per heavy atom. The molecule has 0 N–H and O–H groups in total. The maximum absolute atomic E-state index is 12.3. The van der Waals surface area contributed by atoms with Crippen molar-refractivity contribution in [1.82, 2.24) is 4.90 Å². The Labute approximate surface area is 127 Å². The molecule has 0 spiro atoms. The number of hydrogen-bond donors (Lipinski definition) is 0. The van der Waals surface area contributed by atoms with Crippen LogP contribution in [0.1, 0.15) is 37.5 Å². The Morgan fingerprint density at radius 3 is 1.86 bits per heavy atom. The Balaban J connectivity index is 3.15. The molecule has 2 amide bonds. The molecule has 0 unspecified atom stereocenters. The van der Waals surface area contributed by atoms with E-state index < -0.39 is 0 Å². The quantitative estimate of drug-likeness (QED) is 0.836. The van der Waals surface area contributed by atoms with Gasteiger partial charge in [-0.1, -0.05) is 17.7 Å². The number of hydrogen-bond acceptors (Lipinski definition) is 2. The molecule has 1 aromatic rings. The van der Waals surface area contributed by atoms with Crippen LogP contribution in [0.25, 0.3) is 0 Å². The van der Waals surface area contributed by atoms with E-state index in [-0.39, 0.29) is 18.4 Å². The highest BCUT2D eigenvalue weighted by Gasteiger charge is 2.21. The van der Waals surface area contributed by atoms with Crippen molar-refractivity contribution in [2.75, 3.05) is 24.5 Å². The third-order valence-electron chi connectivity index (χ3n) is 3.69. The van der Waals surface area contributed by atoms with Gasteiger partial charge in [0.25, 0.3) is 0 Å². The molecule has 1 rings (SSSR count). The number of rotatable bonds is 5. The standard InChI is InChI=1S/C17H26N2O2/c1-7-18(8-2)16(21)11-19(15(6)20)17-13(4)9-12(3)10-14(17)5/h9-10H,7-8,11H2,1-6H3. The van der Waals surface area contributed by atoms with E-state index in [4.69, 9.17) is 0 Å². The van der Waals surface area contributed by atoms with Crippen LogP contribution in [0.3, 0.4) is 0 Å². The van der Waals surface area contributed by atoms with Gasteiger partial charge in [-0.3, -0.25) is 9.59 Å². The van der Waals surface area contributed by atoms with Crippen molar-refractivity contribution in [3.05, 3.63) is 28.8 Å². The monoisotopic (exact) mass is 290 g/mol. The van der Waals surface area contributed by atoms with E-state index in [0.29, 0.717) is 13.1 Å². The summed E-state index contributed by atoms with van der Waals surface area (Å²) in [5.41, 5.74) is 4.06. The van der Waals surface area contributed by atoms with Crippen LogP contribution >= 0.6 is 0 Å². The molecule has 4 heteroatoms. The van der Waals surface area contributed by atoms with Crippen molar-refractivity contribution in [3.63, 3.8) is 0 Å². The summed E-state index contributed by atoms with van der Waals surface area (Å²) in [6, 6.07) is 4.08. The van der Waals surface area contributed by atoms with Crippen LogP contribution in [0, 0.1) is 20.8 Å².